The minimum absolute atomic E-state index is 0.852. The first-order valence-corrected chi connectivity index (χ1v) is 8.92. The van der Waals surface area contributed by atoms with Gasteiger partial charge in [-0.1, -0.05) is 53.7 Å². The van der Waals surface area contributed by atoms with Gasteiger partial charge in [0, 0.05) is 10.6 Å². The number of rotatable bonds is 6. The molecule has 3 heteroatoms. The van der Waals surface area contributed by atoms with Crippen molar-refractivity contribution in [1.82, 2.24) is 0 Å². The van der Waals surface area contributed by atoms with E-state index in [-0.39, 0.29) is 0 Å². The first-order valence-electron chi connectivity index (χ1n) is 7.05. The van der Waals surface area contributed by atoms with Gasteiger partial charge in [0.1, 0.15) is 0 Å². The molecule has 0 aliphatic carbocycles. The smallest absolute Gasteiger partial charge is 0.0975 e. The molecule has 2 aromatic rings. The second-order valence-electron chi connectivity index (χ2n) is 4.62. The summed E-state index contributed by atoms with van der Waals surface area (Å²) in [7, 11) is 0. The van der Waals surface area contributed by atoms with Gasteiger partial charge in [0.15, 0.2) is 0 Å². The molecular weight excluding hydrogens is 306 g/mol. The van der Waals surface area contributed by atoms with Gasteiger partial charge in [-0.15, -0.1) is 18.3 Å². The number of aryl methyl sites for hydroxylation is 1. The van der Waals surface area contributed by atoms with E-state index < -0.39 is 0 Å². The number of hydrogen-bond acceptors (Lipinski definition) is 3. The van der Waals surface area contributed by atoms with Gasteiger partial charge in [0.25, 0.3) is 0 Å². The maximum atomic E-state index is 4.70. The molecule has 0 aliphatic heterocycles. The lowest BCUT2D eigenvalue weighted by atomic mass is 10.2. The molecular formula is C19H19NS2. The van der Waals surface area contributed by atoms with Gasteiger partial charge >= 0.3 is 0 Å². The van der Waals surface area contributed by atoms with E-state index in [1.54, 1.807) is 23.5 Å². The van der Waals surface area contributed by atoms with Crippen molar-refractivity contribution < 1.29 is 0 Å². The summed E-state index contributed by atoms with van der Waals surface area (Å²) < 4.78 is 0. The van der Waals surface area contributed by atoms with E-state index in [0.29, 0.717) is 0 Å². The van der Waals surface area contributed by atoms with E-state index >= 15 is 0 Å². The highest BCUT2D eigenvalue weighted by molar-refractivity contribution is 8.14. The quantitative estimate of drug-likeness (QED) is 0.269. The van der Waals surface area contributed by atoms with Crippen LogP contribution < -0.4 is 0 Å². The third-order valence-electron chi connectivity index (χ3n) is 2.78. The van der Waals surface area contributed by atoms with E-state index in [4.69, 9.17) is 4.99 Å². The molecule has 0 amide bonds. The fourth-order valence-electron chi connectivity index (χ4n) is 1.68. The van der Waals surface area contributed by atoms with Crippen molar-refractivity contribution in [3.63, 3.8) is 0 Å². The van der Waals surface area contributed by atoms with Crippen LogP contribution in [0.5, 0.6) is 0 Å². The second-order valence-corrected chi connectivity index (χ2v) is 6.64. The van der Waals surface area contributed by atoms with Gasteiger partial charge in [-0.05, 0) is 42.7 Å². The standard InChI is InChI=1S/C19H19NS2/c1-3-14-22-19(20-17-11-9-16(2)10-12-17)13-15-21-18-7-5-4-6-8-18/h3-13,15H,1,14H2,2H3. The Morgan fingerprint density at radius 1 is 1.09 bits per heavy atom. The summed E-state index contributed by atoms with van der Waals surface area (Å²) in [6, 6.07) is 18.6. The number of nitrogens with zero attached hydrogens (tertiary/aromatic N) is 1. The Morgan fingerprint density at radius 3 is 2.50 bits per heavy atom. The monoisotopic (exact) mass is 325 g/mol. The molecule has 0 N–H and O–H groups in total. The Balaban J connectivity index is 2.08. The van der Waals surface area contributed by atoms with Gasteiger partial charge in [-0.2, -0.15) is 0 Å². The van der Waals surface area contributed by atoms with Crippen molar-refractivity contribution in [3.05, 3.63) is 84.3 Å². The van der Waals surface area contributed by atoms with E-state index in [1.807, 2.05) is 36.4 Å². The maximum absolute atomic E-state index is 4.70. The van der Waals surface area contributed by atoms with E-state index in [0.717, 1.165) is 16.5 Å². The lowest BCUT2D eigenvalue weighted by Gasteiger charge is -2.01. The Hall–Kier alpha value is -1.71. The summed E-state index contributed by atoms with van der Waals surface area (Å²) in [5.41, 5.74) is 2.22. The summed E-state index contributed by atoms with van der Waals surface area (Å²) in [6.07, 6.45) is 3.96. The van der Waals surface area contributed by atoms with Crippen molar-refractivity contribution in [3.8, 4) is 0 Å². The lowest BCUT2D eigenvalue weighted by Crippen LogP contribution is -1.87. The first kappa shape index (κ1) is 16.7. The molecule has 2 aromatic carbocycles. The van der Waals surface area contributed by atoms with Crippen LogP contribution in [0.3, 0.4) is 0 Å². The van der Waals surface area contributed by atoms with Crippen LogP contribution in [0, 0.1) is 6.92 Å². The summed E-state index contributed by atoms with van der Waals surface area (Å²) in [5.74, 6) is 0.852. The predicted molar refractivity (Wildman–Crippen MR) is 102 cm³/mol. The number of hydrogen-bond donors (Lipinski definition) is 0. The fourth-order valence-corrected chi connectivity index (χ4v) is 3.06. The lowest BCUT2D eigenvalue weighted by molar-refractivity contribution is 1.44. The summed E-state index contributed by atoms with van der Waals surface area (Å²) >= 11 is 3.38. The van der Waals surface area contributed by atoms with Crippen molar-refractivity contribution >= 4 is 34.3 Å². The zero-order valence-electron chi connectivity index (χ0n) is 12.6. The van der Waals surface area contributed by atoms with Gasteiger partial charge in [0.05, 0.1) is 10.7 Å². The summed E-state index contributed by atoms with van der Waals surface area (Å²) in [5, 5.41) is 3.07. The molecule has 0 aromatic heterocycles. The van der Waals surface area contributed by atoms with Crippen LogP contribution in [0.15, 0.2) is 88.6 Å². The molecule has 0 fully saturated rings. The molecule has 0 saturated carbocycles. The van der Waals surface area contributed by atoms with Crippen LogP contribution in [-0.2, 0) is 0 Å². The summed E-state index contributed by atoms with van der Waals surface area (Å²) in [6.45, 7) is 5.85. The maximum Gasteiger partial charge on any atom is 0.0975 e. The molecule has 0 heterocycles. The second kappa shape index (κ2) is 9.34. The molecule has 0 saturated heterocycles. The Bertz CT molecular complexity index is 643. The highest BCUT2D eigenvalue weighted by Gasteiger charge is 1.97. The number of benzene rings is 2. The number of thioether (sulfide) groups is 2. The van der Waals surface area contributed by atoms with Crippen LogP contribution in [0.4, 0.5) is 5.69 Å². The van der Waals surface area contributed by atoms with E-state index in [1.165, 1.54) is 10.5 Å². The largest absolute Gasteiger partial charge is 0.242 e. The highest BCUT2D eigenvalue weighted by atomic mass is 32.2. The average Bonchev–Trinajstić information content (AvgIpc) is 2.55. The molecule has 112 valence electrons. The molecule has 0 atom stereocenters. The van der Waals surface area contributed by atoms with Gasteiger partial charge in [-0.25, -0.2) is 4.99 Å². The minimum Gasteiger partial charge on any atom is -0.242 e. The highest BCUT2D eigenvalue weighted by Crippen LogP contribution is 2.21. The predicted octanol–water partition coefficient (Wildman–Crippen LogP) is 6.25. The van der Waals surface area contributed by atoms with Crippen LogP contribution in [0.2, 0.25) is 0 Å². The van der Waals surface area contributed by atoms with Crippen LogP contribution >= 0.6 is 23.5 Å². The Kier molecular flexibility index (Phi) is 7.07. The molecule has 0 radical (unpaired) electrons. The molecule has 0 spiro atoms. The molecule has 1 nitrogen and oxygen atoms in total. The molecule has 0 bridgehead atoms. The SMILES string of the molecule is C=CCSC(C=CSc1ccccc1)=Nc1ccc(C)cc1. The van der Waals surface area contributed by atoms with Gasteiger partial charge in [0.2, 0.25) is 0 Å². The first-order chi connectivity index (χ1) is 10.8. The average molecular weight is 326 g/mol. The van der Waals surface area contributed by atoms with Gasteiger partial charge < -0.3 is 0 Å². The van der Waals surface area contributed by atoms with Gasteiger partial charge in [-0.3, -0.25) is 0 Å². The Morgan fingerprint density at radius 2 is 1.82 bits per heavy atom. The molecule has 0 aliphatic rings. The van der Waals surface area contributed by atoms with E-state index in [9.17, 15) is 0 Å². The van der Waals surface area contributed by atoms with Crippen LogP contribution in [0.1, 0.15) is 5.56 Å². The topological polar surface area (TPSA) is 12.4 Å². The van der Waals surface area contributed by atoms with Crippen LogP contribution in [-0.4, -0.2) is 10.8 Å². The molecule has 2 rings (SSSR count). The minimum atomic E-state index is 0.852. The zero-order valence-corrected chi connectivity index (χ0v) is 14.2. The fraction of sp³-hybridized carbons (Fsp3) is 0.105. The van der Waals surface area contributed by atoms with Crippen molar-refractivity contribution in [1.29, 1.82) is 0 Å². The summed E-state index contributed by atoms with van der Waals surface area (Å²) in [4.78, 5) is 5.92. The third-order valence-corrected chi connectivity index (χ3v) is 4.52. The van der Waals surface area contributed by atoms with Crippen LogP contribution in [0.25, 0.3) is 0 Å². The zero-order chi connectivity index (χ0) is 15.6. The molecule has 22 heavy (non-hydrogen) atoms. The van der Waals surface area contributed by atoms with E-state index in [2.05, 4.69) is 49.3 Å². The van der Waals surface area contributed by atoms with Crippen molar-refractivity contribution in [2.75, 3.05) is 5.75 Å². The third kappa shape index (κ3) is 5.96. The Labute approximate surface area is 141 Å². The molecule has 0 unspecified atom stereocenters. The normalized spacial score (nSPS) is 11.8. The van der Waals surface area contributed by atoms with Crippen molar-refractivity contribution in [2.45, 2.75) is 11.8 Å². The number of aliphatic imine (C=N–C) groups is 1. The van der Waals surface area contributed by atoms with Crippen molar-refractivity contribution in [2.24, 2.45) is 4.99 Å².